The number of carbonyl (C=O) groups excluding carboxylic acids is 3. The molecule has 0 bridgehead atoms. The van der Waals surface area contributed by atoms with Crippen LogP contribution in [0.2, 0.25) is 0 Å². The third kappa shape index (κ3) is 5.56. The lowest BCUT2D eigenvalue weighted by atomic mass is 9.97. The van der Waals surface area contributed by atoms with Crippen LogP contribution in [0.15, 0.2) is 42.6 Å². The first-order valence-electron chi connectivity index (χ1n) is 11.0. The van der Waals surface area contributed by atoms with Crippen molar-refractivity contribution in [3.05, 3.63) is 70.7 Å². The number of pyridine rings is 1. The Hall–Kier alpha value is -4.01. The van der Waals surface area contributed by atoms with Gasteiger partial charge in [-0.15, -0.1) is 0 Å². The van der Waals surface area contributed by atoms with Crippen LogP contribution < -0.4 is 5.32 Å². The molecule has 0 fully saturated rings. The highest BCUT2D eigenvalue weighted by molar-refractivity contribution is 6.12. The van der Waals surface area contributed by atoms with E-state index in [2.05, 4.69) is 10.3 Å². The van der Waals surface area contributed by atoms with Crippen LogP contribution in [0.25, 0.3) is 10.9 Å². The highest BCUT2D eigenvalue weighted by Gasteiger charge is 2.28. The number of carbonyl (C=O) groups is 3. The van der Waals surface area contributed by atoms with Gasteiger partial charge in [-0.25, -0.2) is 9.18 Å². The lowest BCUT2D eigenvalue weighted by Gasteiger charge is -2.25. The van der Waals surface area contributed by atoms with Gasteiger partial charge in [-0.2, -0.15) is 0 Å². The van der Waals surface area contributed by atoms with E-state index < -0.39 is 23.7 Å². The zero-order chi connectivity index (χ0) is 25.9. The molecule has 2 N–H and O–H groups in total. The fourth-order valence-electron chi connectivity index (χ4n) is 3.72. The minimum absolute atomic E-state index is 0.0425. The number of aromatic hydroxyl groups is 1. The molecule has 2 amide bonds. The van der Waals surface area contributed by atoms with Crippen molar-refractivity contribution in [2.75, 3.05) is 21.2 Å². The molecule has 9 heteroatoms. The molecule has 35 heavy (non-hydrogen) atoms. The zero-order valence-electron chi connectivity index (χ0n) is 20.3. The van der Waals surface area contributed by atoms with Crippen LogP contribution in [-0.4, -0.2) is 60.0 Å². The van der Waals surface area contributed by atoms with Crippen LogP contribution in [0.1, 0.15) is 45.7 Å². The Kier molecular flexibility index (Phi) is 7.68. The molecule has 0 saturated heterocycles. The summed E-state index contributed by atoms with van der Waals surface area (Å²) in [5.41, 5.74) is 1.41. The molecule has 0 aliphatic rings. The molecular formula is C26H28FN3O5. The van der Waals surface area contributed by atoms with Crippen molar-refractivity contribution >= 4 is 28.7 Å². The Morgan fingerprint density at radius 2 is 1.74 bits per heavy atom. The second-order valence-corrected chi connectivity index (χ2v) is 8.78. The van der Waals surface area contributed by atoms with E-state index in [4.69, 9.17) is 4.74 Å². The van der Waals surface area contributed by atoms with Crippen LogP contribution in [0.5, 0.6) is 5.75 Å². The van der Waals surface area contributed by atoms with Crippen LogP contribution in [0, 0.1) is 11.7 Å². The standard InChI is InChI=1S/C26H28FN3O5/c1-14(2)21(25(33)30(3)4)29-24(32)19-12-20(26(34)35-5)23(31)22-18(19)11-16(13-28-22)10-15-6-8-17(27)9-7-15/h6-9,11-14,21,31H,10H2,1-5H3,(H,29,32)/t21-/m0/s1. The van der Waals surface area contributed by atoms with Gasteiger partial charge in [0.25, 0.3) is 5.91 Å². The predicted molar refractivity (Wildman–Crippen MR) is 129 cm³/mol. The molecule has 184 valence electrons. The van der Waals surface area contributed by atoms with Gasteiger partial charge in [-0.3, -0.25) is 14.6 Å². The smallest absolute Gasteiger partial charge is 0.341 e. The monoisotopic (exact) mass is 481 g/mol. The zero-order valence-corrected chi connectivity index (χ0v) is 20.3. The van der Waals surface area contributed by atoms with Crippen molar-refractivity contribution in [1.29, 1.82) is 0 Å². The number of amides is 2. The number of phenolic OH excluding ortho intramolecular Hbond substituents is 1. The Balaban J connectivity index is 2.12. The highest BCUT2D eigenvalue weighted by atomic mass is 19.1. The highest BCUT2D eigenvalue weighted by Crippen LogP contribution is 2.32. The molecular weight excluding hydrogens is 453 g/mol. The van der Waals surface area contributed by atoms with Gasteiger partial charge in [0.05, 0.1) is 7.11 Å². The minimum Gasteiger partial charge on any atom is -0.505 e. The summed E-state index contributed by atoms with van der Waals surface area (Å²) in [6.07, 6.45) is 1.91. The number of nitrogens with zero attached hydrogens (tertiary/aromatic N) is 2. The summed E-state index contributed by atoms with van der Waals surface area (Å²) in [7, 11) is 4.36. The number of esters is 1. The van der Waals surface area contributed by atoms with Gasteiger partial charge < -0.3 is 20.1 Å². The number of likely N-dealkylation sites (N-methyl/N-ethyl adjacent to an activating group) is 1. The van der Waals surface area contributed by atoms with Gasteiger partial charge in [-0.1, -0.05) is 26.0 Å². The number of benzene rings is 2. The number of hydrogen-bond donors (Lipinski definition) is 2. The number of ether oxygens (including phenoxy) is 1. The Morgan fingerprint density at radius 3 is 2.31 bits per heavy atom. The van der Waals surface area contributed by atoms with E-state index in [1.165, 1.54) is 29.3 Å². The van der Waals surface area contributed by atoms with Crippen molar-refractivity contribution in [2.24, 2.45) is 5.92 Å². The van der Waals surface area contributed by atoms with Crippen molar-refractivity contribution in [3.63, 3.8) is 0 Å². The molecule has 3 aromatic rings. The number of phenols is 1. The number of methoxy groups -OCH3 is 1. The number of aromatic nitrogens is 1. The average molecular weight is 482 g/mol. The molecule has 1 heterocycles. The minimum atomic E-state index is -0.833. The van der Waals surface area contributed by atoms with E-state index in [0.29, 0.717) is 17.4 Å². The molecule has 1 aromatic heterocycles. The van der Waals surface area contributed by atoms with E-state index in [-0.39, 0.29) is 34.3 Å². The lowest BCUT2D eigenvalue weighted by Crippen LogP contribution is -2.49. The summed E-state index contributed by atoms with van der Waals surface area (Å²) in [4.78, 5) is 44.0. The van der Waals surface area contributed by atoms with Crippen LogP contribution in [0.4, 0.5) is 4.39 Å². The molecule has 1 atom stereocenters. The summed E-state index contributed by atoms with van der Waals surface area (Å²) in [5.74, 6) is -2.68. The molecule has 0 aliphatic heterocycles. The molecule has 8 nitrogen and oxygen atoms in total. The molecule has 2 aromatic carbocycles. The second kappa shape index (κ2) is 10.5. The van der Waals surface area contributed by atoms with Crippen molar-refractivity contribution in [2.45, 2.75) is 26.3 Å². The van der Waals surface area contributed by atoms with Gasteiger partial charge in [0, 0.05) is 31.2 Å². The first-order valence-corrected chi connectivity index (χ1v) is 11.0. The maximum Gasteiger partial charge on any atom is 0.341 e. The third-order valence-electron chi connectivity index (χ3n) is 5.63. The van der Waals surface area contributed by atoms with E-state index in [1.54, 1.807) is 32.3 Å². The predicted octanol–water partition coefficient (Wildman–Crippen LogP) is 3.30. The average Bonchev–Trinajstić information content (AvgIpc) is 2.82. The molecule has 0 saturated carbocycles. The summed E-state index contributed by atoms with van der Waals surface area (Å²) < 4.78 is 18.0. The molecule has 0 radical (unpaired) electrons. The van der Waals surface area contributed by atoms with Crippen molar-refractivity contribution in [3.8, 4) is 5.75 Å². The topological polar surface area (TPSA) is 109 Å². The number of hydrogen-bond acceptors (Lipinski definition) is 6. The summed E-state index contributed by atoms with van der Waals surface area (Å²) in [5, 5.41) is 13.8. The van der Waals surface area contributed by atoms with Gasteiger partial charge in [0.15, 0.2) is 5.75 Å². The van der Waals surface area contributed by atoms with Gasteiger partial charge in [0.2, 0.25) is 5.91 Å². The van der Waals surface area contributed by atoms with E-state index >= 15 is 0 Å². The molecule has 3 rings (SSSR count). The molecule has 0 unspecified atom stereocenters. The van der Waals surface area contributed by atoms with Crippen molar-refractivity contribution < 1.29 is 28.6 Å². The molecule has 0 spiro atoms. The quantitative estimate of drug-likeness (QED) is 0.502. The SMILES string of the molecule is COC(=O)c1cc(C(=O)N[C@H](C(=O)N(C)C)C(C)C)c2cc(Cc3ccc(F)cc3)cnc2c1O. The number of rotatable bonds is 7. The van der Waals surface area contributed by atoms with Gasteiger partial charge in [0.1, 0.15) is 22.9 Å². The second-order valence-electron chi connectivity index (χ2n) is 8.78. The Bertz CT molecular complexity index is 1270. The van der Waals surface area contributed by atoms with Crippen molar-refractivity contribution in [1.82, 2.24) is 15.2 Å². The van der Waals surface area contributed by atoms with Crippen LogP contribution in [-0.2, 0) is 16.0 Å². The van der Waals surface area contributed by atoms with Gasteiger partial charge in [-0.05, 0) is 47.7 Å². The normalized spacial score (nSPS) is 11.9. The summed E-state index contributed by atoms with van der Waals surface area (Å²) in [6.45, 7) is 3.62. The largest absolute Gasteiger partial charge is 0.505 e. The van der Waals surface area contributed by atoms with Gasteiger partial charge >= 0.3 is 5.97 Å². The fraction of sp³-hybridized carbons (Fsp3) is 0.308. The third-order valence-corrected chi connectivity index (χ3v) is 5.63. The maximum absolute atomic E-state index is 13.4. The number of fused-ring (bicyclic) bond motifs is 1. The fourth-order valence-corrected chi connectivity index (χ4v) is 3.72. The van der Waals surface area contributed by atoms with Crippen LogP contribution in [0.3, 0.4) is 0 Å². The number of nitrogens with one attached hydrogen (secondary N) is 1. The molecule has 0 aliphatic carbocycles. The van der Waals surface area contributed by atoms with E-state index in [0.717, 1.165) is 12.7 Å². The Labute approximate surface area is 202 Å². The van der Waals surface area contributed by atoms with E-state index in [1.807, 2.05) is 13.8 Å². The summed E-state index contributed by atoms with van der Waals surface area (Å²) in [6, 6.07) is 8.10. The Morgan fingerprint density at radius 1 is 1.09 bits per heavy atom. The first-order chi connectivity index (χ1) is 16.5. The lowest BCUT2D eigenvalue weighted by molar-refractivity contribution is -0.131. The number of halogens is 1. The van der Waals surface area contributed by atoms with E-state index in [9.17, 15) is 23.9 Å². The maximum atomic E-state index is 13.4. The summed E-state index contributed by atoms with van der Waals surface area (Å²) >= 11 is 0. The van der Waals surface area contributed by atoms with Crippen LogP contribution >= 0.6 is 0 Å². The first kappa shape index (κ1) is 25.6.